The predicted octanol–water partition coefficient (Wildman–Crippen LogP) is 1.59. The SMILES string of the molecule is CCCS(=O)(=O)N(C)Cc1ccc2c(c1)OCO2. The van der Waals surface area contributed by atoms with Gasteiger partial charge in [-0.05, 0) is 24.1 Å². The third kappa shape index (κ3) is 2.76. The van der Waals surface area contributed by atoms with Crippen molar-refractivity contribution >= 4 is 10.0 Å². The lowest BCUT2D eigenvalue weighted by molar-refractivity contribution is 0.174. The molecule has 0 aliphatic carbocycles. The lowest BCUT2D eigenvalue weighted by Crippen LogP contribution is -2.28. The molecule has 0 amide bonds. The molecule has 1 aromatic carbocycles. The number of fused-ring (bicyclic) bond motifs is 1. The lowest BCUT2D eigenvalue weighted by atomic mass is 10.2. The van der Waals surface area contributed by atoms with Gasteiger partial charge in [-0.3, -0.25) is 0 Å². The van der Waals surface area contributed by atoms with E-state index in [1.54, 1.807) is 13.1 Å². The maximum absolute atomic E-state index is 11.8. The van der Waals surface area contributed by atoms with E-state index in [2.05, 4.69) is 0 Å². The number of ether oxygens (including phenoxy) is 2. The molecule has 0 N–H and O–H groups in total. The van der Waals surface area contributed by atoms with E-state index in [9.17, 15) is 8.42 Å². The molecule has 0 saturated carbocycles. The van der Waals surface area contributed by atoms with E-state index < -0.39 is 10.0 Å². The van der Waals surface area contributed by atoms with Gasteiger partial charge in [0, 0.05) is 13.6 Å². The van der Waals surface area contributed by atoms with Crippen LogP contribution in [0.25, 0.3) is 0 Å². The second kappa shape index (κ2) is 5.16. The molecule has 0 saturated heterocycles. The molecule has 0 fully saturated rings. The highest BCUT2D eigenvalue weighted by molar-refractivity contribution is 7.89. The van der Waals surface area contributed by atoms with Crippen LogP contribution in [-0.4, -0.2) is 32.3 Å². The molecule has 2 rings (SSSR count). The van der Waals surface area contributed by atoms with Gasteiger partial charge in [-0.15, -0.1) is 0 Å². The number of rotatable bonds is 5. The highest BCUT2D eigenvalue weighted by atomic mass is 32.2. The molecule has 6 heteroatoms. The van der Waals surface area contributed by atoms with Crippen LogP contribution < -0.4 is 9.47 Å². The summed E-state index contributed by atoms with van der Waals surface area (Å²) in [6.45, 7) is 2.42. The van der Waals surface area contributed by atoms with Crippen LogP contribution in [0.4, 0.5) is 0 Å². The van der Waals surface area contributed by atoms with E-state index in [-0.39, 0.29) is 12.5 Å². The summed E-state index contributed by atoms with van der Waals surface area (Å²) in [4.78, 5) is 0. The molecule has 5 nitrogen and oxygen atoms in total. The first kappa shape index (κ1) is 13.2. The molecule has 18 heavy (non-hydrogen) atoms. The number of benzene rings is 1. The van der Waals surface area contributed by atoms with Crippen molar-refractivity contribution in [1.82, 2.24) is 4.31 Å². The van der Waals surface area contributed by atoms with Crippen LogP contribution in [0.3, 0.4) is 0 Å². The molecule has 1 aromatic rings. The summed E-state index contributed by atoms with van der Waals surface area (Å²) in [5.41, 5.74) is 0.890. The molecule has 0 bridgehead atoms. The smallest absolute Gasteiger partial charge is 0.231 e. The fraction of sp³-hybridized carbons (Fsp3) is 0.500. The number of hydrogen-bond donors (Lipinski definition) is 0. The maximum atomic E-state index is 11.8. The highest BCUT2D eigenvalue weighted by Crippen LogP contribution is 2.32. The lowest BCUT2D eigenvalue weighted by Gasteiger charge is -2.16. The monoisotopic (exact) mass is 271 g/mol. The molecular formula is C12H17NO4S. The average Bonchev–Trinajstić information content (AvgIpc) is 2.76. The van der Waals surface area contributed by atoms with Gasteiger partial charge in [0.1, 0.15) is 0 Å². The van der Waals surface area contributed by atoms with Crippen LogP contribution in [0.2, 0.25) is 0 Å². The molecule has 100 valence electrons. The largest absolute Gasteiger partial charge is 0.454 e. The van der Waals surface area contributed by atoms with Gasteiger partial charge in [-0.1, -0.05) is 13.0 Å². The third-order valence-electron chi connectivity index (χ3n) is 2.78. The zero-order chi connectivity index (χ0) is 13.2. The van der Waals surface area contributed by atoms with Crippen molar-refractivity contribution in [3.63, 3.8) is 0 Å². The molecule has 1 aliphatic heterocycles. The van der Waals surface area contributed by atoms with Crippen LogP contribution in [0, 0.1) is 0 Å². The maximum Gasteiger partial charge on any atom is 0.231 e. The van der Waals surface area contributed by atoms with Crippen molar-refractivity contribution < 1.29 is 17.9 Å². The van der Waals surface area contributed by atoms with Crippen LogP contribution in [0.15, 0.2) is 18.2 Å². The fourth-order valence-electron chi connectivity index (χ4n) is 1.81. The standard InChI is InChI=1S/C12H17NO4S/c1-3-6-18(14,15)13(2)8-10-4-5-11-12(7-10)17-9-16-11/h4-5,7H,3,6,8-9H2,1-2H3. The van der Waals surface area contributed by atoms with Crippen LogP contribution in [0.5, 0.6) is 11.5 Å². The van der Waals surface area contributed by atoms with Crippen molar-refractivity contribution in [2.24, 2.45) is 0 Å². The van der Waals surface area contributed by atoms with Gasteiger partial charge in [0.25, 0.3) is 0 Å². The first-order valence-corrected chi connectivity index (χ1v) is 7.46. The van der Waals surface area contributed by atoms with Gasteiger partial charge in [0.05, 0.1) is 5.75 Å². The minimum absolute atomic E-state index is 0.175. The Morgan fingerprint density at radius 2 is 2.00 bits per heavy atom. The summed E-state index contributed by atoms with van der Waals surface area (Å²) >= 11 is 0. The summed E-state index contributed by atoms with van der Waals surface area (Å²) in [6, 6.07) is 5.48. The summed E-state index contributed by atoms with van der Waals surface area (Å²) in [5.74, 6) is 1.56. The summed E-state index contributed by atoms with van der Waals surface area (Å²) in [5, 5.41) is 0. The van der Waals surface area contributed by atoms with E-state index in [4.69, 9.17) is 9.47 Å². The third-order valence-corrected chi connectivity index (χ3v) is 4.78. The molecule has 1 aliphatic rings. The van der Waals surface area contributed by atoms with Gasteiger partial charge in [-0.2, -0.15) is 0 Å². The number of sulfonamides is 1. The van der Waals surface area contributed by atoms with Gasteiger partial charge < -0.3 is 9.47 Å². The Bertz CT molecular complexity index is 527. The Morgan fingerprint density at radius 3 is 2.72 bits per heavy atom. The quantitative estimate of drug-likeness (QED) is 0.816. The van der Waals surface area contributed by atoms with Gasteiger partial charge in [0.2, 0.25) is 16.8 Å². The van der Waals surface area contributed by atoms with Gasteiger partial charge in [0.15, 0.2) is 11.5 Å². The molecule has 0 radical (unpaired) electrons. The van der Waals surface area contributed by atoms with Crippen molar-refractivity contribution in [3.8, 4) is 11.5 Å². The van der Waals surface area contributed by atoms with E-state index in [0.717, 1.165) is 5.56 Å². The Balaban J connectivity index is 2.10. The molecule has 0 unspecified atom stereocenters. The zero-order valence-electron chi connectivity index (χ0n) is 10.5. The fourth-order valence-corrected chi connectivity index (χ4v) is 2.98. The Labute approximate surface area is 107 Å². The Kier molecular flexibility index (Phi) is 3.77. The second-order valence-electron chi connectivity index (χ2n) is 4.26. The highest BCUT2D eigenvalue weighted by Gasteiger charge is 2.18. The molecule has 0 atom stereocenters. The molecule has 1 heterocycles. The van der Waals surface area contributed by atoms with Gasteiger partial charge in [-0.25, -0.2) is 12.7 Å². The zero-order valence-corrected chi connectivity index (χ0v) is 11.4. The predicted molar refractivity (Wildman–Crippen MR) is 68.1 cm³/mol. The van der Waals surface area contributed by atoms with E-state index in [1.165, 1.54) is 4.31 Å². The normalized spacial score (nSPS) is 14.2. The van der Waals surface area contributed by atoms with E-state index in [0.29, 0.717) is 24.5 Å². The van der Waals surface area contributed by atoms with E-state index in [1.807, 2.05) is 19.1 Å². The minimum atomic E-state index is -3.16. The Hall–Kier alpha value is -1.27. The van der Waals surface area contributed by atoms with Gasteiger partial charge >= 0.3 is 0 Å². The summed E-state index contributed by atoms with van der Waals surface area (Å²) in [7, 11) is -1.57. The Morgan fingerprint density at radius 1 is 1.28 bits per heavy atom. The van der Waals surface area contributed by atoms with Crippen LogP contribution in [0.1, 0.15) is 18.9 Å². The van der Waals surface area contributed by atoms with E-state index >= 15 is 0 Å². The molecular weight excluding hydrogens is 254 g/mol. The van der Waals surface area contributed by atoms with Crippen LogP contribution in [-0.2, 0) is 16.6 Å². The first-order valence-electron chi connectivity index (χ1n) is 5.85. The van der Waals surface area contributed by atoms with Crippen molar-refractivity contribution in [3.05, 3.63) is 23.8 Å². The second-order valence-corrected chi connectivity index (χ2v) is 6.46. The summed E-state index contributed by atoms with van der Waals surface area (Å²) in [6.07, 6.45) is 0.619. The molecule has 0 aromatic heterocycles. The van der Waals surface area contributed by atoms with Crippen molar-refractivity contribution in [1.29, 1.82) is 0 Å². The minimum Gasteiger partial charge on any atom is -0.454 e. The van der Waals surface area contributed by atoms with Crippen LogP contribution >= 0.6 is 0 Å². The number of nitrogens with zero attached hydrogens (tertiary/aromatic N) is 1. The number of hydrogen-bond acceptors (Lipinski definition) is 4. The average molecular weight is 271 g/mol. The molecule has 0 spiro atoms. The van der Waals surface area contributed by atoms with Crippen molar-refractivity contribution in [2.45, 2.75) is 19.9 Å². The van der Waals surface area contributed by atoms with Crippen molar-refractivity contribution in [2.75, 3.05) is 19.6 Å². The topological polar surface area (TPSA) is 55.8 Å². The first-order chi connectivity index (χ1) is 8.53. The summed E-state index contributed by atoms with van der Waals surface area (Å²) < 4.78 is 35.5.